The lowest BCUT2D eigenvalue weighted by Gasteiger charge is -2.12. The number of hydrogen-bond acceptors (Lipinski definition) is 3. The van der Waals surface area contributed by atoms with Gasteiger partial charge in [0.05, 0.1) is 12.7 Å². The van der Waals surface area contributed by atoms with Gasteiger partial charge in [-0.2, -0.15) is 0 Å². The van der Waals surface area contributed by atoms with Crippen molar-refractivity contribution in [1.82, 2.24) is 0 Å². The Hall–Kier alpha value is -1.52. The molecule has 2 aromatic carbocycles. The Morgan fingerprint density at radius 1 is 1.19 bits per heavy atom. The first kappa shape index (κ1) is 15.9. The van der Waals surface area contributed by atoms with Crippen molar-refractivity contribution in [3.8, 4) is 5.75 Å². The Kier molecular flexibility index (Phi) is 6.08. The van der Waals surface area contributed by atoms with Gasteiger partial charge in [0.1, 0.15) is 11.6 Å². The molecule has 21 heavy (non-hydrogen) atoms. The molecule has 0 aliphatic carbocycles. The Morgan fingerprint density at radius 2 is 1.95 bits per heavy atom. The van der Waals surface area contributed by atoms with Crippen LogP contribution in [0.25, 0.3) is 0 Å². The van der Waals surface area contributed by atoms with E-state index in [2.05, 4.69) is 6.92 Å². The number of aliphatic hydroxyl groups excluding tert-OH is 1. The van der Waals surface area contributed by atoms with Crippen LogP contribution in [-0.2, 0) is 0 Å². The van der Waals surface area contributed by atoms with E-state index in [9.17, 15) is 9.50 Å². The van der Waals surface area contributed by atoms with E-state index in [0.717, 1.165) is 22.6 Å². The van der Waals surface area contributed by atoms with Crippen LogP contribution in [0.4, 0.5) is 4.39 Å². The highest BCUT2D eigenvalue weighted by molar-refractivity contribution is 7.99. The standard InChI is InChI=1S/C17H19FO2S/c1-2-10-20-15-8-6-13(7-9-15)17(19)12-21-16-5-3-4-14(18)11-16/h3-9,11,17,19H,2,10,12H2,1H3. The van der Waals surface area contributed by atoms with E-state index in [1.165, 1.54) is 23.9 Å². The molecule has 112 valence electrons. The Morgan fingerprint density at radius 3 is 2.62 bits per heavy atom. The summed E-state index contributed by atoms with van der Waals surface area (Å²) in [6, 6.07) is 13.8. The van der Waals surface area contributed by atoms with E-state index < -0.39 is 6.10 Å². The predicted octanol–water partition coefficient (Wildman–Crippen LogP) is 4.44. The average molecular weight is 306 g/mol. The summed E-state index contributed by atoms with van der Waals surface area (Å²) in [7, 11) is 0. The first-order chi connectivity index (χ1) is 10.2. The molecule has 2 aromatic rings. The molecule has 0 aliphatic rings. The van der Waals surface area contributed by atoms with Gasteiger partial charge in [-0.3, -0.25) is 0 Å². The second kappa shape index (κ2) is 8.05. The molecule has 1 N–H and O–H groups in total. The molecular weight excluding hydrogens is 287 g/mol. The fraction of sp³-hybridized carbons (Fsp3) is 0.294. The maximum absolute atomic E-state index is 13.1. The van der Waals surface area contributed by atoms with E-state index in [1.807, 2.05) is 30.3 Å². The number of hydrogen-bond donors (Lipinski definition) is 1. The maximum atomic E-state index is 13.1. The summed E-state index contributed by atoms with van der Waals surface area (Å²) in [5.41, 5.74) is 0.836. The zero-order valence-corrected chi connectivity index (χ0v) is 12.8. The van der Waals surface area contributed by atoms with Gasteiger partial charge in [-0.25, -0.2) is 4.39 Å². The van der Waals surface area contributed by atoms with E-state index in [1.54, 1.807) is 6.07 Å². The molecule has 0 heterocycles. The monoisotopic (exact) mass is 306 g/mol. The summed E-state index contributed by atoms with van der Waals surface area (Å²) in [4.78, 5) is 0.817. The summed E-state index contributed by atoms with van der Waals surface area (Å²) in [6.45, 7) is 2.75. The quantitative estimate of drug-likeness (QED) is 0.767. The van der Waals surface area contributed by atoms with Crippen molar-refractivity contribution in [1.29, 1.82) is 0 Å². The zero-order valence-electron chi connectivity index (χ0n) is 12.0. The molecule has 2 rings (SSSR count). The molecule has 1 unspecified atom stereocenters. The summed E-state index contributed by atoms with van der Waals surface area (Å²) in [5.74, 6) is 1.04. The molecule has 0 saturated heterocycles. The van der Waals surface area contributed by atoms with Crippen molar-refractivity contribution >= 4 is 11.8 Å². The Labute approximate surface area is 129 Å². The molecule has 0 aromatic heterocycles. The number of ether oxygens (including phenoxy) is 1. The summed E-state index contributed by atoms with van der Waals surface area (Å²) >= 11 is 1.43. The largest absolute Gasteiger partial charge is 0.494 e. The first-order valence-corrected chi connectivity index (χ1v) is 7.97. The molecule has 0 amide bonds. The molecule has 0 radical (unpaired) electrons. The van der Waals surface area contributed by atoms with Gasteiger partial charge in [-0.05, 0) is 42.3 Å². The molecule has 0 spiro atoms. The van der Waals surface area contributed by atoms with Crippen molar-refractivity contribution in [3.05, 3.63) is 59.9 Å². The van der Waals surface area contributed by atoms with Gasteiger partial charge in [0.2, 0.25) is 0 Å². The molecule has 1 atom stereocenters. The van der Waals surface area contributed by atoms with Crippen molar-refractivity contribution in [2.75, 3.05) is 12.4 Å². The summed E-state index contributed by atoms with van der Waals surface area (Å²) in [5, 5.41) is 10.2. The number of thioether (sulfide) groups is 1. The molecule has 0 aliphatic heterocycles. The van der Waals surface area contributed by atoms with Gasteiger partial charge in [0, 0.05) is 10.6 Å². The number of halogens is 1. The third kappa shape index (κ3) is 5.06. The van der Waals surface area contributed by atoms with Gasteiger partial charge in [-0.15, -0.1) is 11.8 Å². The lowest BCUT2D eigenvalue weighted by atomic mass is 10.1. The number of aliphatic hydroxyl groups is 1. The first-order valence-electron chi connectivity index (χ1n) is 6.98. The van der Waals surface area contributed by atoms with E-state index in [0.29, 0.717) is 12.4 Å². The third-order valence-electron chi connectivity index (χ3n) is 2.94. The molecule has 0 saturated carbocycles. The second-order valence-corrected chi connectivity index (χ2v) is 5.80. The second-order valence-electron chi connectivity index (χ2n) is 4.70. The van der Waals surface area contributed by atoms with Crippen molar-refractivity contribution in [2.24, 2.45) is 0 Å². The minimum absolute atomic E-state index is 0.257. The van der Waals surface area contributed by atoms with Crippen molar-refractivity contribution < 1.29 is 14.2 Å². The maximum Gasteiger partial charge on any atom is 0.124 e. The third-order valence-corrected chi connectivity index (χ3v) is 4.01. The van der Waals surface area contributed by atoms with Gasteiger partial charge < -0.3 is 9.84 Å². The van der Waals surface area contributed by atoms with E-state index in [4.69, 9.17) is 4.74 Å². The van der Waals surface area contributed by atoms with Crippen LogP contribution in [0.15, 0.2) is 53.4 Å². The van der Waals surface area contributed by atoms with Gasteiger partial charge in [0.25, 0.3) is 0 Å². The van der Waals surface area contributed by atoms with Crippen LogP contribution in [0.5, 0.6) is 5.75 Å². The molecule has 4 heteroatoms. The minimum Gasteiger partial charge on any atom is -0.494 e. The van der Waals surface area contributed by atoms with E-state index in [-0.39, 0.29) is 5.82 Å². The molecule has 0 fully saturated rings. The lowest BCUT2D eigenvalue weighted by Crippen LogP contribution is -2.01. The van der Waals surface area contributed by atoms with Crippen molar-refractivity contribution in [2.45, 2.75) is 24.3 Å². The van der Waals surface area contributed by atoms with Crippen LogP contribution in [0, 0.1) is 5.82 Å². The topological polar surface area (TPSA) is 29.5 Å². The number of rotatable bonds is 7. The van der Waals surface area contributed by atoms with Gasteiger partial charge >= 0.3 is 0 Å². The van der Waals surface area contributed by atoms with Crippen molar-refractivity contribution in [3.63, 3.8) is 0 Å². The lowest BCUT2D eigenvalue weighted by molar-refractivity contribution is 0.204. The van der Waals surface area contributed by atoms with Crippen LogP contribution in [0.3, 0.4) is 0 Å². The minimum atomic E-state index is -0.585. The predicted molar refractivity (Wildman–Crippen MR) is 84.3 cm³/mol. The summed E-state index contributed by atoms with van der Waals surface area (Å²) in [6.07, 6.45) is 0.382. The van der Waals surface area contributed by atoms with Gasteiger partial charge in [0.15, 0.2) is 0 Å². The highest BCUT2D eigenvalue weighted by Gasteiger charge is 2.09. The zero-order chi connectivity index (χ0) is 15.1. The highest BCUT2D eigenvalue weighted by atomic mass is 32.2. The fourth-order valence-corrected chi connectivity index (χ4v) is 2.75. The number of benzene rings is 2. The normalized spacial score (nSPS) is 12.1. The fourth-order valence-electron chi connectivity index (χ4n) is 1.83. The van der Waals surface area contributed by atoms with E-state index >= 15 is 0 Å². The average Bonchev–Trinajstić information content (AvgIpc) is 2.51. The van der Waals surface area contributed by atoms with Crippen LogP contribution in [-0.4, -0.2) is 17.5 Å². The van der Waals surface area contributed by atoms with Crippen LogP contribution >= 0.6 is 11.8 Å². The smallest absolute Gasteiger partial charge is 0.124 e. The Bertz CT molecular complexity index is 557. The highest BCUT2D eigenvalue weighted by Crippen LogP contribution is 2.26. The van der Waals surface area contributed by atoms with Crippen LogP contribution in [0.2, 0.25) is 0 Å². The SMILES string of the molecule is CCCOc1ccc(C(O)CSc2cccc(F)c2)cc1. The summed E-state index contributed by atoms with van der Waals surface area (Å²) < 4.78 is 18.6. The Balaban J connectivity index is 1.89. The molecular formula is C17H19FO2S. The van der Waals surface area contributed by atoms with Gasteiger partial charge in [-0.1, -0.05) is 25.1 Å². The van der Waals surface area contributed by atoms with Crippen LogP contribution in [0.1, 0.15) is 25.0 Å². The molecule has 2 nitrogen and oxygen atoms in total. The van der Waals surface area contributed by atoms with Crippen LogP contribution < -0.4 is 4.74 Å². The molecule has 0 bridgehead atoms.